The normalized spacial score (nSPS) is 18.9. The van der Waals surface area contributed by atoms with Crippen molar-refractivity contribution in [3.63, 3.8) is 0 Å². The number of halogens is 1. The summed E-state index contributed by atoms with van der Waals surface area (Å²) in [5, 5.41) is 10.9. The van der Waals surface area contributed by atoms with Gasteiger partial charge in [-0.3, -0.25) is 4.79 Å². The van der Waals surface area contributed by atoms with E-state index in [-0.39, 0.29) is 31.6 Å². The molecule has 1 amide bonds. The van der Waals surface area contributed by atoms with Gasteiger partial charge in [0.2, 0.25) is 0 Å². The number of aliphatic carboxylic acids is 1. The lowest BCUT2D eigenvalue weighted by molar-refractivity contribution is -0.159. The molecule has 1 N–H and O–H groups in total. The Hall–Kier alpha value is -3.81. The fourth-order valence-corrected chi connectivity index (χ4v) is 5.20. The monoisotopic (exact) mass is 547 g/mol. The highest BCUT2D eigenvalue weighted by molar-refractivity contribution is 6.30. The molecular formula is C31H30ClNO6. The van der Waals surface area contributed by atoms with Crippen LogP contribution in [0.25, 0.3) is 0 Å². The van der Waals surface area contributed by atoms with Gasteiger partial charge < -0.3 is 24.2 Å². The molecule has 3 aromatic rings. The Kier molecular flexibility index (Phi) is 8.19. The van der Waals surface area contributed by atoms with E-state index < -0.39 is 18.1 Å². The number of nitrogens with zero attached hydrogens (tertiary/aromatic N) is 1. The number of allylic oxidation sites excluding steroid dienone is 1. The van der Waals surface area contributed by atoms with Gasteiger partial charge in [0.05, 0.1) is 13.2 Å². The average molecular weight is 548 g/mol. The summed E-state index contributed by atoms with van der Waals surface area (Å²) in [5.74, 6) is -0.479. The van der Waals surface area contributed by atoms with Crippen molar-refractivity contribution in [3.05, 3.63) is 106 Å². The Bertz CT molecular complexity index is 1360. The van der Waals surface area contributed by atoms with Gasteiger partial charge in [0.15, 0.2) is 17.6 Å². The minimum absolute atomic E-state index is 0.0778. The van der Waals surface area contributed by atoms with Crippen molar-refractivity contribution >= 4 is 23.5 Å². The lowest BCUT2D eigenvalue weighted by atomic mass is 9.91. The molecule has 0 spiro atoms. The van der Waals surface area contributed by atoms with Gasteiger partial charge >= 0.3 is 5.97 Å². The van der Waals surface area contributed by atoms with Gasteiger partial charge in [-0.15, -0.1) is 0 Å². The molecule has 0 aromatic heterocycles. The number of hydrogen-bond donors (Lipinski definition) is 1. The molecule has 0 saturated carbocycles. The van der Waals surface area contributed by atoms with Crippen LogP contribution in [0, 0.1) is 0 Å². The third-order valence-corrected chi connectivity index (χ3v) is 7.38. The van der Waals surface area contributed by atoms with Crippen LogP contribution in [0.4, 0.5) is 0 Å². The van der Waals surface area contributed by atoms with E-state index in [0.717, 1.165) is 29.5 Å². The zero-order valence-electron chi connectivity index (χ0n) is 21.6. The smallest absolute Gasteiger partial charge is 0.326 e. The van der Waals surface area contributed by atoms with Crippen molar-refractivity contribution in [3.8, 4) is 11.5 Å². The van der Waals surface area contributed by atoms with Gasteiger partial charge in [0.1, 0.15) is 12.6 Å². The van der Waals surface area contributed by atoms with Crippen molar-refractivity contribution in [2.45, 2.75) is 50.7 Å². The first-order chi connectivity index (χ1) is 18.9. The number of rotatable bonds is 9. The molecule has 3 atom stereocenters. The molecule has 1 aliphatic heterocycles. The Morgan fingerprint density at radius 2 is 1.85 bits per heavy atom. The SMILES string of the molecule is COc1ccc2c(c1OCc1ccc(Cl)cc1)C[C@@H](C(=O)O)N(C(=O)[C@H](OC1C=CCC1)c1ccccc1)C2. The highest BCUT2D eigenvalue weighted by Crippen LogP contribution is 2.40. The summed E-state index contributed by atoms with van der Waals surface area (Å²) in [5.41, 5.74) is 3.13. The van der Waals surface area contributed by atoms with Crippen molar-refractivity contribution in [1.82, 2.24) is 4.90 Å². The molecule has 0 fully saturated rings. The minimum Gasteiger partial charge on any atom is -0.493 e. The third kappa shape index (κ3) is 5.95. The Balaban J connectivity index is 1.46. The zero-order chi connectivity index (χ0) is 27.4. The van der Waals surface area contributed by atoms with Crippen LogP contribution in [0.15, 0.2) is 78.9 Å². The molecule has 0 radical (unpaired) electrons. The summed E-state index contributed by atoms with van der Waals surface area (Å²) < 4.78 is 18.0. The zero-order valence-corrected chi connectivity index (χ0v) is 22.3. The van der Waals surface area contributed by atoms with Crippen LogP contribution < -0.4 is 9.47 Å². The Morgan fingerprint density at radius 1 is 1.08 bits per heavy atom. The number of fused-ring (bicyclic) bond motifs is 1. The van der Waals surface area contributed by atoms with Crippen LogP contribution in [0.3, 0.4) is 0 Å². The van der Waals surface area contributed by atoms with Crippen LogP contribution in [-0.4, -0.2) is 41.1 Å². The molecule has 3 aromatic carbocycles. The van der Waals surface area contributed by atoms with E-state index in [2.05, 4.69) is 0 Å². The number of benzene rings is 3. The van der Waals surface area contributed by atoms with Crippen LogP contribution in [0.5, 0.6) is 11.5 Å². The quantitative estimate of drug-likeness (QED) is 0.344. The molecule has 7 nitrogen and oxygen atoms in total. The number of carbonyl (C=O) groups is 2. The molecule has 2 aliphatic rings. The van der Waals surface area contributed by atoms with Gasteiger partial charge in [0, 0.05) is 23.6 Å². The summed E-state index contributed by atoms with van der Waals surface area (Å²) in [7, 11) is 1.55. The largest absolute Gasteiger partial charge is 0.493 e. The molecule has 8 heteroatoms. The Labute approximate surface area is 232 Å². The van der Waals surface area contributed by atoms with Crippen molar-refractivity contribution in [2.75, 3.05) is 7.11 Å². The van der Waals surface area contributed by atoms with Gasteiger partial charge in [-0.05, 0) is 47.7 Å². The molecule has 1 aliphatic carbocycles. The van der Waals surface area contributed by atoms with E-state index in [1.165, 1.54) is 4.90 Å². The Morgan fingerprint density at radius 3 is 2.51 bits per heavy atom. The maximum absolute atomic E-state index is 14.0. The number of amides is 1. The fourth-order valence-electron chi connectivity index (χ4n) is 5.07. The first-order valence-electron chi connectivity index (χ1n) is 12.9. The molecule has 1 unspecified atom stereocenters. The number of methoxy groups -OCH3 is 1. The topological polar surface area (TPSA) is 85.3 Å². The molecular weight excluding hydrogens is 518 g/mol. The molecule has 0 saturated heterocycles. The number of carbonyl (C=O) groups excluding carboxylic acids is 1. The molecule has 39 heavy (non-hydrogen) atoms. The molecule has 5 rings (SSSR count). The van der Waals surface area contributed by atoms with E-state index in [0.29, 0.717) is 22.1 Å². The third-order valence-electron chi connectivity index (χ3n) is 7.13. The summed E-state index contributed by atoms with van der Waals surface area (Å²) in [6.07, 6.45) is 4.63. The summed E-state index contributed by atoms with van der Waals surface area (Å²) in [6, 6.07) is 19.1. The number of carboxylic acids is 1. The van der Waals surface area contributed by atoms with Crippen molar-refractivity contribution in [1.29, 1.82) is 0 Å². The second-order valence-corrected chi connectivity index (χ2v) is 10.1. The number of hydrogen-bond acceptors (Lipinski definition) is 5. The maximum atomic E-state index is 14.0. The highest BCUT2D eigenvalue weighted by Gasteiger charge is 2.40. The fraction of sp³-hybridized carbons (Fsp3) is 0.290. The van der Waals surface area contributed by atoms with Crippen LogP contribution in [-0.2, 0) is 33.9 Å². The van der Waals surface area contributed by atoms with Gasteiger partial charge in [-0.2, -0.15) is 0 Å². The molecule has 202 valence electrons. The van der Waals surface area contributed by atoms with E-state index in [4.69, 9.17) is 25.8 Å². The highest BCUT2D eigenvalue weighted by atomic mass is 35.5. The summed E-state index contributed by atoms with van der Waals surface area (Å²) in [4.78, 5) is 27.9. The standard InChI is InChI=1S/C31H30ClNO6/c1-37-27-16-13-22-18-33(30(34)28(21-7-3-2-4-8-21)39-24-9-5-6-10-24)26(31(35)36)17-25(22)29(27)38-19-20-11-14-23(32)15-12-20/h2-5,7-9,11-16,24,26,28H,6,10,17-19H2,1H3,(H,35,36)/t24?,26-,28+/m0/s1. The van der Waals surface area contributed by atoms with Gasteiger partial charge in [-0.1, -0.05) is 72.3 Å². The molecule has 1 heterocycles. The predicted octanol–water partition coefficient (Wildman–Crippen LogP) is 5.74. The summed E-state index contributed by atoms with van der Waals surface area (Å²) >= 11 is 6.00. The van der Waals surface area contributed by atoms with E-state index in [1.54, 1.807) is 25.3 Å². The lowest BCUT2D eigenvalue weighted by Crippen LogP contribution is -2.50. The lowest BCUT2D eigenvalue weighted by Gasteiger charge is -2.37. The second-order valence-electron chi connectivity index (χ2n) is 9.64. The second kappa shape index (κ2) is 11.9. The van der Waals surface area contributed by atoms with Crippen molar-refractivity contribution < 1.29 is 28.9 Å². The first kappa shape index (κ1) is 26.8. The van der Waals surface area contributed by atoms with Crippen molar-refractivity contribution in [2.24, 2.45) is 0 Å². The van der Waals surface area contributed by atoms with Crippen LogP contribution in [0.2, 0.25) is 5.02 Å². The number of carboxylic acid groups (broad SMARTS) is 1. The average Bonchev–Trinajstić information content (AvgIpc) is 3.48. The number of ether oxygens (including phenoxy) is 3. The van der Waals surface area contributed by atoms with E-state index >= 15 is 0 Å². The van der Waals surface area contributed by atoms with Crippen LogP contribution >= 0.6 is 11.6 Å². The molecule has 0 bridgehead atoms. The van der Waals surface area contributed by atoms with Crippen LogP contribution in [0.1, 0.15) is 41.2 Å². The van der Waals surface area contributed by atoms with E-state index in [9.17, 15) is 14.7 Å². The van der Waals surface area contributed by atoms with E-state index in [1.807, 2.05) is 60.7 Å². The minimum atomic E-state index is -1.09. The maximum Gasteiger partial charge on any atom is 0.326 e. The predicted molar refractivity (Wildman–Crippen MR) is 147 cm³/mol. The van der Waals surface area contributed by atoms with Gasteiger partial charge in [0.25, 0.3) is 5.91 Å². The van der Waals surface area contributed by atoms with Gasteiger partial charge in [-0.25, -0.2) is 4.79 Å². The summed E-state index contributed by atoms with van der Waals surface area (Å²) in [6.45, 7) is 0.364. The first-order valence-corrected chi connectivity index (χ1v) is 13.3.